The van der Waals surface area contributed by atoms with Gasteiger partial charge in [-0.3, -0.25) is 9.59 Å². The van der Waals surface area contributed by atoms with Crippen molar-refractivity contribution in [2.24, 2.45) is 11.8 Å². The van der Waals surface area contributed by atoms with Gasteiger partial charge >= 0.3 is 0 Å². The lowest BCUT2D eigenvalue weighted by molar-refractivity contribution is -0.125. The lowest BCUT2D eigenvalue weighted by Crippen LogP contribution is -2.30. The monoisotopic (exact) mass is 330 g/mol. The van der Waals surface area contributed by atoms with Gasteiger partial charge in [-0.2, -0.15) is 0 Å². The van der Waals surface area contributed by atoms with Gasteiger partial charge in [-0.1, -0.05) is 23.2 Å². The summed E-state index contributed by atoms with van der Waals surface area (Å²) in [5.74, 6) is -0.877. The first-order valence-corrected chi connectivity index (χ1v) is 7.30. The van der Waals surface area contributed by atoms with Crippen molar-refractivity contribution in [3.05, 3.63) is 28.2 Å². The minimum Gasteiger partial charge on any atom is -0.383 e. The molecular weight excluding hydrogens is 315 g/mol. The Hall–Kier alpha value is -1.30. The number of ether oxygens (including phenoxy) is 1. The number of hydrogen-bond donors (Lipinski definition) is 2. The fraction of sp³-hybridized carbons (Fsp3) is 0.429. The number of hydrogen-bond acceptors (Lipinski definition) is 3. The molecule has 0 radical (unpaired) electrons. The van der Waals surface area contributed by atoms with E-state index >= 15 is 0 Å². The van der Waals surface area contributed by atoms with Crippen LogP contribution >= 0.6 is 23.2 Å². The van der Waals surface area contributed by atoms with Crippen LogP contribution in [0.5, 0.6) is 0 Å². The number of nitrogens with one attached hydrogen (secondary N) is 2. The van der Waals surface area contributed by atoms with Gasteiger partial charge in [-0.25, -0.2) is 0 Å². The van der Waals surface area contributed by atoms with E-state index in [1.807, 2.05) is 0 Å². The molecule has 0 heterocycles. The SMILES string of the molecule is COCCNC(=O)C1CC1C(=O)Nc1cc(Cl)cc(Cl)c1. The van der Waals surface area contributed by atoms with Crippen LogP contribution in [0.15, 0.2) is 18.2 Å². The first-order chi connectivity index (χ1) is 10.0. The first kappa shape index (κ1) is 16.1. The molecule has 7 heteroatoms. The van der Waals surface area contributed by atoms with Gasteiger partial charge in [0.25, 0.3) is 0 Å². The molecule has 1 aromatic carbocycles. The topological polar surface area (TPSA) is 67.4 Å². The van der Waals surface area contributed by atoms with E-state index in [0.29, 0.717) is 35.3 Å². The second-order valence-corrected chi connectivity index (χ2v) is 5.75. The highest BCUT2D eigenvalue weighted by molar-refractivity contribution is 6.35. The number of amides is 2. The van der Waals surface area contributed by atoms with E-state index in [1.165, 1.54) is 0 Å². The van der Waals surface area contributed by atoms with Gasteiger partial charge in [-0.15, -0.1) is 0 Å². The zero-order chi connectivity index (χ0) is 15.4. The maximum atomic E-state index is 12.0. The molecule has 2 atom stereocenters. The fourth-order valence-electron chi connectivity index (χ4n) is 2.04. The molecule has 21 heavy (non-hydrogen) atoms. The van der Waals surface area contributed by atoms with Gasteiger partial charge in [0.05, 0.1) is 18.4 Å². The standard InChI is InChI=1S/C14H16Cl2N2O3/c1-21-3-2-17-13(19)11-7-12(11)14(20)18-10-5-8(15)4-9(16)6-10/h4-6,11-12H,2-3,7H2,1H3,(H,17,19)(H,18,20). The minimum absolute atomic E-state index is 0.115. The molecule has 1 saturated carbocycles. The van der Waals surface area contributed by atoms with Crippen LogP contribution in [0.2, 0.25) is 10.0 Å². The van der Waals surface area contributed by atoms with Crippen LogP contribution in [0, 0.1) is 11.8 Å². The van der Waals surface area contributed by atoms with Crippen molar-refractivity contribution in [1.82, 2.24) is 5.32 Å². The zero-order valence-electron chi connectivity index (χ0n) is 11.5. The molecule has 2 unspecified atom stereocenters. The van der Waals surface area contributed by atoms with E-state index in [2.05, 4.69) is 10.6 Å². The van der Waals surface area contributed by atoms with Crippen LogP contribution in [-0.4, -0.2) is 32.1 Å². The average molecular weight is 331 g/mol. The Kier molecular flexibility index (Phi) is 5.45. The molecule has 5 nitrogen and oxygen atoms in total. The number of carbonyl (C=O) groups is 2. The number of anilines is 1. The largest absolute Gasteiger partial charge is 0.383 e. The lowest BCUT2D eigenvalue weighted by atomic mass is 10.2. The lowest BCUT2D eigenvalue weighted by Gasteiger charge is -2.07. The molecule has 0 aromatic heterocycles. The summed E-state index contributed by atoms with van der Waals surface area (Å²) in [6.07, 6.45) is 0.555. The van der Waals surface area contributed by atoms with E-state index in [9.17, 15) is 9.59 Å². The molecule has 114 valence electrons. The molecule has 2 rings (SSSR count). The molecule has 1 fully saturated rings. The average Bonchev–Trinajstić information content (AvgIpc) is 3.17. The number of methoxy groups -OCH3 is 1. The molecule has 0 aliphatic heterocycles. The van der Waals surface area contributed by atoms with Crippen LogP contribution in [-0.2, 0) is 14.3 Å². The van der Waals surface area contributed by atoms with Crippen molar-refractivity contribution in [1.29, 1.82) is 0 Å². The third-order valence-electron chi connectivity index (χ3n) is 3.20. The Balaban J connectivity index is 1.84. The summed E-state index contributed by atoms with van der Waals surface area (Å²) in [4.78, 5) is 23.8. The van der Waals surface area contributed by atoms with Crippen molar-refractivity contribution in [3.8, 4) is 0 Å². The molecule has 0 spiro atoms. The molecule has 1 aliphatic rings. The number of carbonyl (C=O) groups excluding carboxylic acids is 2. The Bertz CT molecular complexity index is 531. The van der Waals surface area contributed by atoms with Gasteiger partial charge in [0.2, 0.25) is 11.8 Å². The summed E-state index contributed by atoms with van der Waals surface area (Å²) in [5.41, 5.74) is 0.531. The van der Waals surface area contributed by atoms with Crippen LogP contribution in [0.3, 0.4) is 0 Å². The van der Waals surface area contributed by atoms with Crippen LogP contribution in [0.4, 0.5) is 5.69 Å². The van der Waals surface area contributed by atoms with Crippen molar-refractivity contribution in [2.45, 2.75) is 6.42 Å². The van der Waals surface area contributed by atoms with Gasteiger partial charge in [0.1, 0.15) is 0 Å². The predicted molar refractivity (Wildman–Crippen MR) is 81.6 cm³/mol. The second kappa shape index (κ2) is 7.11. The van der Waals surface area contributed by atoms with E-state index in [-0.39, 0.29) is 23.7 Å². The molecule has 2 amide bonds. The molecular formula is C14H16Cl2N2O3. The highest BCUT2D eigenvalue weighted by atomic mass is 35.5. The van der Waals surface area contributed by atoms with E-state index in [1.54, 1.807) is 25.3 Å². The third kappa shape index (κ3) is 4.59. The Labute approximate surface area is 132 Å². The van der Waals surface area contributed by atoms with E-state index < -0.39 is 0 Å². The number of benzene rings is 1. The normalized spacial score (nSPS) is 20.0. The second-order valence-electron chi connectivity index (χ2n) is 4.88. The van der Waals surface area contributed by atoms with Crippen molar-refractivity contribution in [2.75, 3.05) is 25.6 Å². The van der Waals surface area contributed by atoms with Crippen molar-refractivity contribution in [3.63, 3.8) is 0 Å². The zero-order valence-corrected chi connectivity index (χ0v) is 13.0. The quantitative estimate of drug-likeness (QED) is 0.786. The maximum Gasteiger partial charge on any atom is 0.228 e. The third-order valence-corrected chi connectivity index (χ3v) is 3.64. The molecule has 0 bridgehead atoms. The summed E-state index contributed by atoms with van der Waals surface area (Å²) in [6, 6.07) is 4.81. The van der Waals surface area contributed by atoms with Gasteiger partial charge < -0.3 is 15.4 Å². The summed E-state index contributed by atoms with van der Waals surface area (Å²) >= 11 is 11.7. The van der Waals surface area contributed by atoms with Crippen LogP contribution in [0.25, 0.3) is 0 Å². The first-order valence-electron chi connectivity index (χ1n) is 6.55. The molecule has 2 N–H and O–H groups in total. The molecule has 1 aromatic rings. The number of rotatable bonds is 6. The Morgan fingerprint density at radius 1 is 1.19 bits per heavy atom. The highest BCUT2D eigenvalue weighted by Gasteiger charge is 2.47. The van der Waals surface area contributed by atoms with Crippen LogP contribution < -0.4 is 10.6 Å². The molecule has 0 saturated heterocycles. The predicted octanol–water partition coefficient (Wildman–Crippen LogP) is 2.33. The van der Waals surface area contributed by atoms with Crippen molar-refractivity contribution < 1.29 is 14.3 Å². The summed E-state index contributed by atoms with van der Waals surface area (Å²) in [5, 5.41) is 6.34. The van der Waals surface area contributed by atoms with Crippen LogP contribution in [0.1, 0.15) is 6.42 Å². The van der Waals surface area contributed by atoms with E-state index in [4.69, 9.17) is 27.9 Å². The smallest absolute Gasteiger partial charge is 0.228 e. The Morgan fingerprint density at radius 3 is 2.43 bits per heavy atom. The van der Waals surface area contributed by atoms with Gasteiger partial charge in [0, 0.05) is 29.4 Å². The van der Waals surface area contributed by atoms with Gasteiger partial charge in [0.15, 0.2) is 0 Å². The fourth-order valence-corrected chi connectivity index (χ4v) is 2.57. The van der Waals surface area contributed by atoms with Gasteiger partial charge in [-0.05, 0) is 24.6 Å². The molecule has 1 aliphatic carbocycles. The highest BCUT2D eigenvalue weighted by Crippen LogP contribution is 2.39. The van der Waals surface area contributed by atoms with E-state index in [0.717, 1.165) is 0 Å². The van der Waals surface area contributed by atoms with Crippen molar-refractivity contribution >= 4 is 40.7 Å². The summed E-state index contributed by atoms with van der Waals surface area (Å²) in [7, 11) is 1.57. The summed E-state index contributed by atoms with van der Waals surface area (Å²) < 4.78 is 4.85. The number of halogens is 2. The maximum absolute atomic E-state index is 12.0. The minimum atomic E-state index is -0.301. The Morgan fingerprint density at radius 2 is 1.81 bits per heavy atom. The summed E-state index contributed by atoms with van der Waals surface area (Å²) in [6.45, 7) is 0.903.